The first-order chi connectivity index (χ1) is 16.6. The molecule has 1 aliphatic heterocycles. The average molecular weight is 482 g/mol. The topological polar surface area (TPSA) is 103 Å². The Morgan fingerprint density at radius 3 is 2.79 bits per heavy atom. The molecule has 0 unspecified atom stereocenters. The molecule has 1 aliphatic carbocycles. The van der Waals surface area contributed by atoms with Crippen LogP contribution in [0.15, 0.2) is 34.9 Å². The molecule has 34 heavy (non-hydrogen) atoms. The van der Waals surface area contributed by atoms with Crippen LogP contribution < -0.4 is 15.4 Å². The second-order valence-corrected chi connectivity index (χ2v) is 9.50. The Morgan fingerprint density at radius 2 is 2.03 bits per heavy atom. The molecule has 2 N–H and O–H groups in total. The summed E-state index contributed by atoms with van der Waals surface area (Å²) in [6, 6.07) is 9.00. The minimum absolute atomic E-state index is 0.0600. The van der Waals surface area contributed by atoms with Crippen molar-refractivity contribution in [1.29, 1.82) is 0 Å². The second kappa shape index (κ2) is 9.99. The van der Waals surface area contributed by atoms with E-state index in [-0.39, 0.29) is 17.7 Å². The molecule has 2 amide bonds. The Bertz CT molecular complexity index is 1180. The fourth-order valence-electron chi connectivity index (χ4n) is 4.40. The lowest BCUT2D eigenvalue weighted by molar-refractivity contribution is 0.0858. The summed E-state index contributed by atoms with van der Waals surface area (Å²) in [5, 5.41) is 10.4. The first-order valence-corrected chi connectivity index (χ1v) is 12.5. The molecule has 2 aliphatic rings. The van der Waals surface area contributed by atoms with Crippen molar-refractivity contribution in [2.75, 3.05) is 25.1 Å². The molecule has 2 aromatic heterocycles. The number of hydrogen-bond donors (Lipinski definition) is 2. The molecule has 0 bridgehead atoms. The summed E-state index contributed by atoms with van der Waals surface area (Å²) >= 11 is 1.47. The highest BCUT2D eigenvalue weighted by Crippen LogP contribution is 2.39. The van der Waals surface area contributed by atoms with Gasteiger partial charge < -0.3 is 24.6 Å². The minimum Gasteiger partial charge on any atom is -0.494 e. The van der Waals surface area contributed by atoms with E-state index in [9.17, 15) is 9.59 Å². The predicted octanol–water partition coefficient (Wildman–Crippen LogP) is 4.45. The Labute approximate surface area is 201 Å². The molecule has 1 saturated heterocycles. The maximum Gasteiger partial charge on any atom is 0.278 e. The van der Waals surface area contributed by atoms with Crippen LogP contribution in [0.1, 0.15) is 57.5 Å². The molecule has 178 valence electrons. The third-order valence-electron chi connectivity index (χ3n) is 6.08. The molecule has 0 radical (unpaired) electrons. The number of hydrogen-bond acceptors (Lipinski definition) is 7. The van der Waals surface area contributed by atoms with E-state index in [0.717, 1.165) is 60.5 Å². The van der Waals surface area contributed by atoms with Gasteiger partial charge in [0.2, 0.25) is 0 Å². The van der Waals surface area contributed by atoms with E-state index in [1.54, 1.807) is 6.07 Å². The zero-order chi connectivity index (χ0) is 23.5. The number of aromatic nitrogens is 1. The van der Waals surface area contributed by atoms with Crippen molar-refractivity contribution >= 4 is 28.2 Å². The molecular weight excluding hydrogens is 454 g/mol. The quantitative estimate of drug-likeness (QED) is 0.493. The first-order valence-electron chi connectivity index (χ1n) is 11.7. The Kier molecular flexibility index (Phi) is 6.64. The van der Waals surface area contributed by atoms with Crippen molar-refractivity contribution in [1.82, 2.24) is 10.5 Å². The molecule has 0 spiro atoms. The summed E-state index contributed by atoms with van der Waals surface area (Å²) in [4.78, 5) is 27.2. The number of aryl methyl sites for hydroxylation is 1. The number of fused-ring (bicyclic) bond motifs is 1. The summed E-state index contributed by atoms with van der Waals surface area (Å²) < 4.78 is 16.5. The molecule has 0 saturated carbocycles. The van der Waals surface area contributed by atoms with Crippen LogP contribution in [-0.4, -0.2) is 42.8 Å². The van der Waals surface area contributed by atoms with Crippen LogP contribution in [0, 0.1) is 0 Å². The highest BCUT2D eigenvalue weighted by Gasteiger charge is 2.29. The molecular formula is C25H27N3O5S. The van der Waals surface area contributed by atoms with Gasteiger partial charge in [-0.1, -0.05) is 5.16 Å². The fraction of sp³-hybridized carbons (Fsp3) is 0.400. The molecule has 5 rings (SSSR count). The van der Waals surface area contributed by atoms with Gasteiger partial charge in [0.05, 0.1) is 18.3 Å². The predicted molar refractivity (Wildman–Crippen MR) is 129 cm³/mol. The normalized spacial score (nSPS) is 16.9. The SMILES string of the molecule is CCOc1ccc(-c2cc(C(=O)Nc3sc4c(c3C(=O)NC[C@@H]3CCCO3)CCC4)no2)cc1. The molecule has 1 atom stereocenters. The van der Waals surface area contributed by atoms with Crippen LogP contribution in [-0.2, 0) is 17.6 Å². The van der Waals surface area contributed by atoms with E-state index in [0.29, 0.717) is 29.5 Å². The van der Waals surface area contributed by atoms with Gasteiger partial charge in [-0.05, 0) is 68.9 Å². The number of nitrogens with one attached hydrogen (secondary N) is 2. The molecule has 8 nitrogen and oxygen atoms in total. The van der Waals surface area contributed by atoms with Gasteiger partial charge in [0.25, 0.3) is 11.8 Å². The van der Waals surface area contributed by atoms with Gasteiger partial charge >= 0.3 is 0 Å². The van der Waals surface area contributed by atoms with Gasteiger partial charge in [-0.15, -0.1) is 11.3 Å². The Morgan fingerprint density at radius 1 is 1.18 bits per heavy atom. The minimum atomic E-state index is -0.408. The van der Waals surface area contributed by atoms with Crippen molar-refractivity contribution in [2.24, 2.45) is 0 Å². The van der Waals surface area contributed by atoms with Crippen LogP contribution in [0.4, 0.5) is 5.00 Å². The number of nitrogens with zero attached hydrogens (tertiary/aromatic N) is 1. The lowest BCUT2D eigenvalue weighted by Crippen LogP contribution is -2.32. The van der Waals surface area contributed by atoms with Crippen LogP contribution in [0.2, 0.25) is 0 Å². The maximum absolute atomic E-state index is 13.1. The highest BCUT2D eigenvalue weighted by molar-refractivity contribution is 7.17. The highest BCUT2D eigenvalue weighted by atomic mass is 32.1. The van der Waals surface area contributed by atoms with Gasteiger partial charge in [0.15, 0.2) is 11.5 Å². The van der Waals surface area contributed by atoms with E-state index < -0.39 is 5.91 Å². The van der Waals surface area contributed by atoms with Crippen molar-refractivity contribution in [3.05, 3.63) is 52.0 Å². The molecule has 1 fully saturated rings. The van der Waals surface area contributed by atoms with E-state index in [1.165, 1.54) is 11.3 Å². The number of carbonyl (C=O) groups excluding carboxylic acids is 2. The average Bonchev–Trinajstić information content (AvgIpc) is 3.63. The van der Waals surface area contributed by atoms with Crippen molar-refractivity contribution in [3.63, 3.8) is 0 Å². The molecule has 3 aromatic rings. The van der Waals surface area contributed by atoms with Crippen LogP contribution >= 0.6 is 11.3 Å². The van der Waals surface area contributed by atoms with Gasteiger partial charge in [-0.2, -0.15) is 0 Å². The third-order valence-corrected chi connectivity index (χ3v) is 7.29. The van der Waals surface area contributed by atoms with Crippen molar-refractivity contribution in [2.45, 2.75) is 45.1 Å². The van der Waals surface area contributed by atoms with E-state index >= 15 is 0 Å². The Hall–Kier alpha value is -3.17. The first kappa shape index (κ1) is 22.6. The van der Waals surface area contributed by atoms with Crippen molar-refractivity contribution < 1.29 is 23.6 Å². The standard InChI is InChI=1S/C25H27N3O5S/c1-2-31-16-10-8-15(9-11-16)20-13-19(28-33-20)23(29)27-25-22(18-6-3-7-21(18)34-25)24(30)26-14-17-5-4-12-32-17/h8-11,13,17H,2-7,12,14H2,1H3,(H,26,30)(H,27,29)/t17-/m0/s1. The summed E-state index contributed by atoms with van der Waals surface area (Å²) in [5.41, 5.74) is 2.56. The molecule has 1 aromatic carbocycles. The monoisotopic (exact) mass is 481 g/mol. The van der Waals surface area contributed by atoms with Gasteiger partial charge in [-0.3, -0.25) is 9.59 Å². The van der Waals surface area contributed by atoms with E-state index in [2.05, 4.69) is 15.8 Å². The third kappa shape index (κ3) is 4.71. The van der Waals surface area contributed by atoms with Gasteiger partial charge in [0.1, 0.15) is 10.8 Å². The van der Waals surface area contributed by atoms with E-state index in [4.69, 9.17) is 14.0 Å². The number of anilines is 1. The molecule has 9 heteroatoms. The number of amides is 2. The number of ether oxygens (including phenoxy) is 2. The molecule has 3 heterocycles. The fourth-order valence-corrected chi connectivity index (χ4v) is 5.68. The lowest BCUT2D eigenvalue weighted by Gasteiger charge is -2.12. The van der Waals surface area contributed by atoms with Crippen LogP contribution in [0.25, 0.3) is 11.3 Å². The van der Waals surface area contributed by atoms with Gasteiger partial charge in [0, 0.05) is 29.7 Å². The number of benzene rings is 1. The Balaban J connectivity index is 1.30. The smallest absolute Gasteiger partial charge is 0.278 e. The number of carbonyl (C=O) groups is 2. The zero-order valence-electron chi connectivity index (χ0n) is 19.0. The summed E-state index contributed by atoms with van der Waals surface area (Å²) in [6.45, 7) is 3.74. The maximum atomic E-state index is 13.1. The summed E-state index contributed by atoms with van der Waals surface area (Å²) in [6.07, 6.45) is 4.82. The second-order valence-electron chi connectivity index (χ2n) is 8.39. The largest absolute Gasteiger partial charge is 0.494 e. The number of thiophene rings is 1. The van der Waals surface area contributed by atoms with Crippen molar-refractivity contribution in [3.8, 4) is 17.1 Å². The van der Waals surface area contributed by atoms with Crippen LogP contribution in [0.5, 0.6) is 5.75 Å². The summed E-state index contributed by atoms with van der Waals surface area (Å²) in [7, 11) is 0. The van der Waals surface area contributed by atoms with Crippen LogP contribution in [0.3, 0.4) is 0 Å². The number of rotatable bonds is 8. The summed E-state index contributed by atoms with van der Waals surface area (Å²) in [5.74, 6) is 0.672. The van der Waals surface area contributed by atoms with Gasteiger partial charge in [-0.25, -0.2) is 0 Å². The van der Waals surface area contributed by atoms with E-state index in [1.807, 2.05) is 31.2 Å². The zero-order valence-corrected chi connectivity index (χ0v) is 19.8. The lowest BCUT2D eigenvalue weighted by atomic mass is 10.1.